The molecule has 0 fully saturated rings. The number of nitrogens with one attached hydrogen (secondary N) is 1. The van der Waals surface area contributed by atoms with Crippen molar-refractivity contribution in [3.63, 3.8) is 0 Å². The van der Waals surface area contributed by atoms with Gasteiger partial charge in [0.2, 0.25) is 0 Å². The molecule has 0 aromatic carbocycles. The molecule has 8 heteroatoms. The van der Waals surface area contributed by atoms with E-state index in [-0.39, 0.29) is 4.32 Å². The summed E-state index contributed by atoms with van der Waals surface area (Å²) in [6, 6.07) is 0. The lowest BCUT2D eigenvalue weighted by Gasteiger charge is -2.06. The highest BCUT2D eigenvalue weighted by atomic mass is 32.2. The summed E-state index contributed by atoms with van der Waals surface area (Å²) in [6.07, 6.45) is 0.933. The number of thioether (sulfide) groups is 1. The predicted molar refractivity (Wildman–Crippen MR) is 51.6 cm³/mol. The van der Waals surface area contributed by atoms with Crippen LogP contribution >= 0.6 is 31.8 Å². The number of hydroxylamine groups is 1. The lowest BCUT2D eigenvalue weighted by atomic mass is 10.6. The highest BCUT2D eigenvalue weighted by Crippen LogP contribution is 2.34. The van der Waals surface area contributed by atoms with Gasteiger partial charge in [-0.25, -0.2) is 10.0 Å². The molecule has 0 unspecified atom stereocenters. The van der Waals surface area contributed by atoms with Gasteiger partial charge in [-0.3, -0.25) is 0 Å². The molecule has 0 aliphatic rings. The van der Waals surface area contributed by atoms with Gasteiger partial charge in [-0.2, -0.15) is 4.62 Å². The van der Waals surface area contributed by atoms with E-state index >= 15 is 0 Å². The van der Waals surface area contributed by atoms with Gasteiger partial charge >= 0.3 is 7.82 Å². The SMILES string of the molecule is CCCSC(=S)NOP(=O)(O)O. The average molecular weight is 231 g/mol. The van der Waals surface area contributed by atoms with Crippen LogP contribution in [0.1, 0.15) is 13.3 Å². The normalized spacial score (nSPS) is 11.2. The maximum absolute atomic E-state index is 10.2. The van der Waals surface area contributed by atoms with Crippen molar-refractivity contribution in [3.8, 4) is 0 Å². The fraction of sp³-hybridized carbons (Fsp3) is 0.750. The van der Waals surface area contributed by atoms with Crippen molar-refractivity contribution >= 4 is 36.1 Å². The third-order valence-corrected chi connectivity index (χ3v) is 2.41. The highest BCUT2D eigenvalue weighted by molar-refractivity contribution is 8.22. The Bertz CT molecular complexity index is 193. The molecular weight excluding hydrogens is 221 g/mol. The zero-order valence-corrected chi connectivity index (χ0v) is 8.92. The van der Waals surface area contributed by atoms with Gasteiger partial charge in [0.05, 0.1) is 0 Å². The molecule has 72 valence electrons. The van der Waals surface area contributed by atoms with E-state index in [0.717, 1.165) is 12.2 Å². The van der Waals surface area contributed by atoms with E-state index in [0.29, 0.717) is 0 Å². The standard InChI is InChI=1S/C4H10NO4PS2/c1-2-3-12-4(11)5-9-10(6,7)8/h2-3H2,1H3,(H,5,11)(H2,6,7,8). The van der Waals surface area contributed by atoms with E-state index in [2.05, 4.69) is 16.8 Å². The second kappa shape index (κ2) is 5.90. The predicted octanol–water partition coefficient (Wildman–Crippen LogP) is 1.03. The highest BCUT2D eigenvalue weighted by Gasteiger charge is 2.14. The monoisotopic (exact) mass is 231 g/mol. The van der Waals surface area contributed by atoms with Crippen molar-refractivity contribution in [2.45, 2.75) is 13.3 Å². The van der Waals surface area contributed by atoms with E-state index in [9.17, 15) is 4.57 Å². The lowest BCUT2D eigenvalue weighted by molar-refractivity contribution is 0.167. The van der Waals surface area contributed by atoms with Crippen molar-refractivity contribution in [1.29, 1.82) is 0 Å². The number of hydrogen-bond acceptors (Lipinski definition) is 4. The first-order valence-electron chi connectivity index (χ1n) is 3.12. The molecule has 0 saturated carbocycles. The van der Waals surface area contributed by atoms with Crippen LogP contribution in [0.25, 0.3) is 0 Å². The molecule has 5 nitrogen and oxygen atoms in total. The van der Waals surface area contributed by atoms with Crippen LogP contribution in [-0.2, 0) is 9.19 Å². The largest absolute Gasteiger partial charge is 0.491 e. The van der Waals surface area contributed by atoms with Gasteiger partial charge in [0.15, 0.2) is 4.32 Å². The third kappa shape index (κ3) is 8.45. The van der Waals surface area contributed by atoms with Crippen LogP contribution in [0.15, 0.2) is 0 Å². The Morgan fingerprint density at radius 1 is 1.75 bits per heavy atom. The molecule has 0 spiro atoms. The first-order chi connectivity index (χ1) is 5.45. The van der Waals surface area contributed by atoms with Gasteiger partial charge in [-0.05, 0) is 6.42 Å². The minimum absolute atomic E-state index is 0.222. The Hall–Kier alpha value is 0.350. The molecule has 0 heterocycles. The van der Waals surface area contributed by atoms with Gasteiger partial charge in [0, 0.05) is 5.75 Å². The van der Waals surface area contributed by atoms with Crippen LogP contribution in [0.2, 0.25) is 0 Å². The van der Waals surface area contributed by atoms with Crippen LogP contribution in [-0.4, -0.2) is 19.9 Å². The summed E-state index contributed by atoms with van der Waals surface area (Å²) in [4.78, 5) is 16.5. The third-order valence-electron chi connectivity index (χ3n) is 0.685. The summed E-state index contributed by atoms with van der Waals surface area (Å²) in [5.41, 5.74) is 1.99. The van der Waals surface area contributed by atoms with Crippen molar-refractivity contribution in [1.82, 2.24) is 5.48 Å². The van der Waals surface area contributed by atoms with Gasteiger partial charge in [-0.15, -0.1) is 0 Å². The zero-order chi connectivity index (χ0) is 9.61. The smallest absolute Gasteiger partial charge is 0.301 e. The van der Waals surface area contributed by atoms with Crippen molar-refractivity contribution in [2.24, 2.45) is 0 Å². The first-order valence-corrected chi connectivity index (χ1v) is 6.05. The van der Waals surface area contributed by atoms with Crippen molar-refractivity contribution < 1.29 is 19.0 Å². The van der Waals surface area contributed by atoms with E-state index < -0.39 is 7.82 Å². The summed E-state index contributed by atoms with van der Waals surface area (Å²) in [5, 5.41) is 0. The Balaban J connectivity index is 3.51. The summed E-state index contributed by atoms with van der Waals surface area (Å²) < 4.78 is 14.3. The minimum Gasteiger partial charge on any atom is -0.301 e. The number of phosphoric acid groups is 1. The minimum atomic E-state index is -4.46. The van der Waals surface area contributed by atoms with Crippen LogP contribution < -0.4 is 5.48 Å². The molecule has 0 atom stereocenters. The van der Waals surface area contributed by atoms with Crippen LogP contribution in [0, 0.1) is 0 Å². The van der Waals surface area contributed by atoms with E-state index in [1.807, 2.05) is 12.4 Å². The van der Waals surface area contributed by atoms with Gasteiger partial charge < -0.3 is 9.79 Å². The second-order valence-electron chi connectivity index (χ2n) is 1.82. The molecular formula is C4H10NO4PS2. The molecule has 0 aliphatic carbocycles. The summed E-state index contributed by atoms with van der Waals surface area (Å²) in [6.45, 7) is 1.97. The quantitative estimate of drug-likeness (QED) is 0.379. The van der Waals surface area contributed by atoms with Gasteiger partial charge in [0.1, 0.15) is 0 Å². The average Bonchev–Trinajstić information content (AvgIpc) is 1.95. The van der Waals surface area contributed by atoms with Crippen molar-refractivity contribution in [2.75, 3.05) is 5.75 Å². The first kappa shape index (κ1) is 12.3. The zero-order valence-electron chi connectivity index (χ0n) is 6.39. The fourth-order valence-corrected chi connectivity index (χ4v) is 1.44. The molecule has 0 aromatic heterocycles. The second-order valence-corrected chi connectivity index (χ2v) is 4.76. The van der Waals surface area contributed by atoms with Crippen LogP contribution in [0.5, 0.6) is 0 Å². The van der Waals surface area contributed by atoms with Crippen LogP contribution in [0.4, 0.5) is 0 Å². The number of thiocarbonyl (C=S) groups is 1. The number of rotatable bonds is 4. The van der Waals surface area contributed by atoms with E-state index in [4.69, 9.17) is 9.79 Å². The molecule has 12 heavy (non-hydrogen) atoms. The molecule has 0 bridgehead atoms. The van der Waals surface area contributed by atoms with E-state index in [1.165, 1.54) is 11.8 Å². The fourth-order valence-electron chi connectivity index (χ4n) is 0.321. The van der Waals surface area contributed by atoms with Crippen LogP contribution in [0.3, 0.4) is 0 Å². The summed E-state index contributed by atoms with van der Waals surface area (Å²) in [7, 11) is -4.46. The molecule has 0 rings (SSSR count). The van der Waals surface area contributed by atoms with Gasteiger partial charge in [-0.1, -0.05) is 30.9 Å². The number of hydrogen-bond donors (Lipinski definition) is 3. The lowest BCUT2D eigenvalue weighted by Crippen LogP contribution is -2.17. The summed E-state index contributed by atoms with van der Waals surface area (Å²) in [5.74, 6) is 0.788. The summed E-state index contributed by atoms with van der Waals surface area (Å²) >= 11 is 5.94. The molecule has 0 aliphatic heterocycles. The Kier molecular flexibility index (Phi) is 6.08. The van der Waals surface area contributed by atoms with Crippen molar-refractivity contribution in [3.05, 3.63) is 0 Å². The molecule has 0 saturated heterocycles. The maximum Gasteiger partial charge on any atom is 0.491 e. The molecule has 0 amide bonds. The molecule has 0 radical (unpaired) electrons. The topological polar surface area (TPSA) is 78.8 Å². The van der Waals surface area contributed by atoms with E-state index in [1.54, 1.807) is 0 Å². The Labute approximate surface area is 80.1 Å². The van der Waals surface area contributed by atoms with Gasteiger partial charge in [0.25, 0.3) is 0 Å². The maximum atomic E-state index is 10.2. The Morgan fingerprint density at radius 2 is 2.33 bits per heavy atom. The molecule has 0 aromatic rings. The Morgan fingerprint density at radius 3 is 2.75 bits per heavy atom. The molecule has 3 N–H and O–H groups in total.